The number of rotatable bonds is 7. The second kappa shape index (κ2) is 8.24. The monoisotopic (exact) mass is 352 g/mol. The summed E-state index contributed by atoms with van der Waals surface area (Å²) in [7, 11) is 0. The number of H-pyrrole nitrogens is 1. The van der Waals surface area contributed by atoms with Gasteiger partial charge in [0.2, 0.25) is 23.5 Å². The zero-order valence-electron chi connectivity index (χ0n) is 13.1. The fraction of sp³-hybridized carbons (Fsp3) is 0.385. The number of amides is 2. The molecule has 0 aliphatic heterocycles. The highest BCUT2D eigenvalue weighted by molar-refractivity contribution is 7.99. The van der Waals surface area contributed by atoms with E-state index in [1.165, 1.54) is 13.0 Å². The average Bonchev–Trinajstić information content (AvgIpc) is 2.91. The van der Waals surface area contributed by atoms with Crippen molar-refractivity contribution in [1.29, 1.82) is 0 Å². The molecule has 0 spiro atoms. The predicted octanol–water partition coefficient (Wildman–Crippen LogP) is 0.795. The molecule has 2 amide bonds. The van der Waals surface area contributed by atoms with Crippen molar-refractivity contribution in [3.05, 3.63) is 22.1 Å². The minimum Gasteiger partial charge on any atom is -0.305 e. The molecule has 0 saturated heterocycles. The van der Waals surface area contributed by atoms with Crippen LogP contribution >= 0.6 is 11.8 Å². The first-order chi connectivity index (χ1) is 11.5. The fourth-order valence-corrected chi connectivity index (χ4v) is 2.45. The van der Waals surface area contributed by atoms with Gasteiger partial charge in [-0.1, -0.05) is 25.1 Å². The van der Waals surface area contributed by atoms with Crippen molar-refractivity contribution in [2.45, 2.75) is 31.8 Å². The molecule has 128 valence electrons. The molecule has 11 heteroatoms. The van der Waals surface area contributed by atoms with Crippen LogP contribution in [0.1, 0.15) is 26.0 Å². The lowest BCUT2D eigenvalue weighted by atomic mass is 10.2. The summed E-state index contributed by atoms with van der Waals surface area (Å²) >= 11 is 1.08. The van der Waals surface area contributed by atoms with E-state index in [2.05, 4.69) is 35.5 Å². The Hall–Kier alpha value is -2.69. The Morgan fingerprint density at radius 1 is 1.29 bits per heavy atom. The summed E-state index contributed by atoms with van der Waals surface area (Å²) in [5.74, 6) is -0.754. The highest BCUT2D eigenvalue weighted by Crippen LogP contribution is 2.17. The van der Waals surface area contributed by atoms with Crippen LogP contribution in [0.3, 0.4) is 0 Å². The van der Waals surface area contributed by atoms with Crippen LogP contribution in [-0.2, 0) is 16.0 Å². The van der Waals surface area contributed by atoms with Crippen LogP contribution in [0.2, 0.25) is 0 Å². The molecule has 0 unspecified atom stereocenters. The maximum atomic E-state index is 11.9. The first kappa shape index (κ1) is 17.7. The van der Waals surface area contributed by atoms with Crippen molar-refractivity contribution in [2.75, 3.05) is 16.4 Å². The third-order valence-electron chi connectivity index (χ3n) is 2.66. The number of thioether (sulfide) groups is 1. The van der Waals surface area contributed by atoms with Gasteiger partial charge in [-0.3, -0.25) is 14.4 Å². The summed E-state index contributed by atoms with van der Waals surface area (Å²) in [5.41, 5.74) is 0.419. The summed E-state index contributed by atoms with van der Waals surface area (Å²) < 4.78 is 4.47. The molecule has 24 heavy (non-hydrogen) atoms. The fourth-order valence-electron chi connectivity index (χ4n) is 1.76. The second-order valence-electron chi connectivity index (χ2n) is 4.77. The van der Waals surface area contributed by atoms with Gasteiger partial charge >= 0.3 is 0 Å². The molecule has 0 radical (unpaired) electrons. The van der Waals surface area contributed by atoms with E-state index < -0.39 is 5.91 Å². The van der Waals surface area contributed by atoms with E-state index in [-0.39, 0.29) is 28.9 Å². The lowest BCUT2D eigenvalue weighted by Gasteiger charge is -2.04. The van der Waals surface area contributed by atoms with Gasteiger partial charge in [-0.25, -0.2) is 9.61 Å². The first-order valence-corrected chi connectivity index (χ1v) is 8.09. The number of aromatic nitrogens is 4. The molecule has 2 aromatic heterocycles. The van der Waals surface area contributed by atoms with Gasteiger partial charge in [0, 0.05) is 18.7 Å². The quantitative estimate of drug-likeness (QED) is 0.490. The summed E-state index contributed by atoms with van der Waals surface area (Å²) in [4.78, 5) is 41.3. The maximum Gasteiger partial charge on any atom is 0.251 e. The molecule has 0 saturated carbocycles. The zero-order chi connectivity index (χ0) is 17.5. The van der Waals surface area contributed by atoms with Crippen LogP contribution in [-0.4, -0.2) is 37.8 Å². The van der Waals surface area contributed by atoms with Crippen molar-refractivity contribution in [1.82, 2.24) is 20.3 Å². The molecule has 2 aromatic rings. The lowest BCUT2D eigenvalue weighted by Crippen LogP contribution is -2.17. The minimum absolute atomic E-state index is 0.00904. The van der Waals surface area contributed by atoms with Crippen LogP contribution in [0.5, 0.6) is 0 Å². The number of hydrogen-bond acceptors (Lipinski definition) is 8. The van der Waals surface area contributed by atoms with E-state index in [1.807, 2.05) is 6.92 Å². The van der Waals surface area contributed by atoms with Crippen LogP contribution in [0.4, 0.5) is 11.6 Å². The molecule has 0 aliphatic carbocycles. The Kier molecular flexibility index (Phi) is 6.07. The van der Waals surface area contributed by atoms with Gasteiger partial charge in [-0.2, -0.15) is 0 Å². The van der Waals surface area contributed by atoms with E-state index in [1.54, 1.807) is 0 Å². The summed E-state index contributed by atoms with van der Waals surface area (Å²) in [6, 6.07) is 1.44. The van der Waals surface area contributed by atoms with Gasteiger partial charge in [-0.05, 0) is 16.7 Å². The molecule has 0 aliphatic rings. The van der Waals surface area contributed by atoms with Gasteiger partial charge in [-0.15, -0.1) is 0 Å². The Bertz CT molecular complexity index is 787. The van der Waals surface area contributed by atoms with Gasteiger partial charge < -0.3 is 15.6 Å². The van der Waals surface area contributed by atoms with E-state index in [9.17, 15) is 14.4 Å². The molecule has 0 atom stereocenters. The van der Waals surface area contributed by atoms with Crippen LogP contribution < -0.4 is 16.2 Å². The number of hydrogen-bond donors (Lipinski definition) is 3. The smallest absolute Gasteiger partial charge is 0.251 e. The van der Waals surface area contributed by atoms with Crippen LogP contribution in [0.25, 0.3) is 0 Å². The van der Waals surface area contributed by atoms with Crippen molar-refractivity contribution in [2.24, 2.45) is 0 Å². The topological polar surface area (TPSA) is 143 Å². The molecule has 0 aromatic carbocycles. The van der Waals surface area contributed by atoms with E-state index in [0.717, 1.165) is 18.2 Å². The zero-order valence-corrected chi connectivity index (χ0v) is 13.9. The summed E-state index contributed by atoms with van der Waals surface area (Å²) in [6.07, 6.45) is 1.56. The highest BCUT2D eigenvalue weighted by atomic mass is 32.2. The molecule has 2 rings (SSSR count). The third-order valence-corrected chi connectivity index (χ3v) is 3.53. The number of carbonyl (C=O) groups is 2. The van der Waals surface area contributed by atoms with E-state index >= 15 is 0 Å². The summed E-state index contributed by atoms with van der Waals surface area (Å²) in [6.45, 7) is 3.28. The first-order valence-electron chi connectivity index (χ1n) is 7.11. The molecule has 2 heterocycles. The van der Waals surface area contributed by atoms with Crippen LogP contribution in [0.15, 0.2) is 20.6 Å². The van der Waals surface area contributed by atoms with E-state index in [0.29, 0.717) is 17.3 Å². The number of aromatic amines is 1. The van der Waals surface area contributed by atoms with Crippen molar-refractivity contribution >= 4 is 35.2 Å². The van der Waals surface area contributed by atoms with Gasteiger partial charge in [0.1, 0.15) is 0 Å². The molecule has 0 fully saturated rings. The van der Waals surface area contributed by atoms with E-state index in [4.69, 9.17) is 0 Å². The number of anilines is 2. The maximum absolute atomic E-state index is 11.9. The average molecular weight is 352 g/mol. The van der Waals surface area contributed by atoms with Gasteiger partial charge in [0.25, 0.3) is 5.56 Å². The van der Waals surface area contributed by atoms with Crippen LogP contribution in [0, 0.1) is 0 Å². The Morgan fingerprint density at radius 3 is 2.67 bits per heavy atom. The number of carbonyl (C=O) groups excluding carboxylic acids is 2. The number of nitrogens with zero attached hydrogens (tertiary/aromatic N) is 3. The minimum atomic E-state index is -0.411. The van der Waals surface area contributed by atoms with Crippen molar-refractivity contribution in [3.8, 4) is 0 Å². The number of nitrogens with one attached hydrogen (secondary N) is 3. The summed E-state index contributed by atoms with van der Waals surface area (Å²) in [5, 5.41) is 12.2. The highest BCUT2D eigenvalue weighted by Gasteiger charge is 2.15. The molecular weight excluding hydrogens is 336 g/mol. The molecule has 10 nitrogen and oxygen atoms in total. The van der Waals surface area contributed by atoms with Gasteiger partial charge in [0.15, 0.2) is 5.16 Å². The standard InChI is InChI=1S/C13H16N6O4S/c1-3-4-8-5-9(21)17-13(15-8)24-6-10(22)16-12-11(14-7(2)20)18-23-19-12/h5H,3-4,6H2,1-2H3,(H,14,18,20)(H,15,17,21)(H,16,19,22). The predicted molar refractivity (Wildman–Crippen MR) is 86.8 cm³/mol. The van der Waals surface area contributed by atoms with Crippen molar-refractivity contribution < 1.29 is 14.2 Å². The molecule has 3 N–H and O–H groups in total. The Balaban J connectivity index is 1.95. The van der Waals surface area contributed by atoms with Gasteiger partial charge in [0.05, 0.1) is 5.75 Å². The third kappa shape index (κ3) is 5.19. The normalized spacial score (nSPS) is 10.4. The molecule has 0 bridgehead atoms. The Labute approximate surface area is 140 Å². The Morgan fingerprint density at radius 2 is 2.00 bits per heavy atom. The largest absolute Gasteiger partial charge is 0.305 e. The van der Waals surface area contributed by atoms with Crippen molar-refractivity contribution in [3.63, 3.8) is 0 Å². The molecular formula is C13H16N6O4S. The number of aryl methyl sites for hydroxylation is 1. The lowest BCUT2D eigenvalue weighted by molar-refractivity contribution is -0.115. The second-order valence-corrected chi connectivity index (χ2v) is 5.74. The SMILES string of the molecule is CCCc1cc(=O)[nH]c(SCC(=O)Nc2nonc2NC(C)=O)n1.